The van der Waals surface area contributed by atoms with Gasteiger partial charge < -0.3 is 0 Å². The highest BCUT2D eigenvalue weighted by Crippen LogP contribution is 2.02. The monoisotopic (exact) mass is 262 g/mol. The van der Waals surface area contributed by atoms with Crippen molar-refractivity contribution in [1.82, 2.24) is 25.0 Å². The summed E-state index contributed by atoms with van der Waals surface area (Å²) in [5.74, 6) is 0.162. The summed E-state index contributed by atoms with van der Waals surface area (Å²) < 4.78 is 3.61. The molecule has 8 heteroatoms. The van der Waals surface area contributed by atoms with E-state index in [0.717, 1.165) is 11.5 Å². The van der Waals surface area contributed by atoms with Gasteiger partial charge in [-0.05, 0) is 24.0 Å². The van der Waals surface area contributed by atoms with Gasteiger partial charge >= 0.3 is 0 Å². The fourth-order valence-corrected chi connectivity index (χ4v) is 1.58. The second-order valence-corrected chi connectivity index (χ2v) is 3.99. The first kappa shape index (κ1) is 12.2. The average molecular weight is 262 g/mol. The molecule has 92 valence electrons. The highest BCUT2D eigenvalue weighted by atomic mass is 32.1. The highest BCUT2D eigenvalue weighted by molar-refractivity contribution is 7.07. The molecule has 1 N–H and O–H groups in total. The molecule has 2 rings (SSSR count). The molecule has 0 aliphatic carbocycles. The molecule has 2 aromatic rings. The second-order valence-electron chi connectivity index (χ2n) is 3.21. The molecule has 1 amide bonds. The van der Waals surface area contributed by atoms with E-state index in [-0.39, 0.29) is 5.91 Å². The summed E-state index contributed by atoms with van der Waals surface area (Å²) >= 11 is 1.01. The van der Waals surface area contributed by atoms with Crippen LogP contribution in [0.2, 0.25) is 0 Å². The van der Waals surface area contributed by atoms with Crippen molar-refractivity contribution in [3.63, 3.8) is 0 Å². The average Bonchev–Trinajstić information content (AvgIpc) is 2.94. The van der Waals surface area contributed by atoms with Crippen molar-refractivity contribution < 1.29 is 4.79 Å². The maximum Gasteiger partial charge on any atom is 0.284 e. The Morgan fingerprint density at radius 1 is 1.44 bits per heavy atom. The molecule has 0 saturated heterocycles. The molecule has 0 spiro atoms. The fraction of sp³-hybridized carbons (Fsp3) is 0.200. The lowest BCUT2D eigenvalue weighted by molar-refractivity contribution is 0.0958. The zero-order valence-corrected chi connectivity index (χ0v) is 10.4. The number of rotatable bonds is 4. The number of hydrogen-bond acceptors (Lipinski definition) is 7. The Morgan fingerprint density at radius 3 is 2.83 bits per heavy atom. The predicted molar refractivity (Wildman–Crippen MR) is 66.2 cm³/mol. The first-order valence-electron chi connectivity index (χ1n) is 5.23. The summed E-state index contributed by atoms with van der Waals surface area (Å²) in [7, 11) is 0. The van der Waals surface area contributed by atoms with Crippen molar-refractivity contribution in [2.45, 2.75) is 13.3 Å². The van der Waals surface area contributed by atoms with Crippen LogP contribution in [0.4, 0.5) is 0 Å². The van der Waals surface area contributed by atoms with Gasteiger partial charge in [-0.2, -0.15) is 5.10 Å². The Balaban J connectivity index is 2.10. The first-order valence-corrected chi connectivity index (χ1v) is 6.00. The van der Waals surface area contributed by atoms with E-state index in [4.69, 9.17) is 0 Å². The van der Waals surface area contributed by atoms with Gasteiger partial charge in [-0.1, -0.05) is 11.4 Å². The Labute approximate surface area is 107 Å². The van der Waals surface area contributed by atoms with Crippen LogP contribution in [-0.2, 0) is 0 Å². The van der Waals surface area contributed by atoms with Gasteiger partial charge in [-0.25, -0.2) is 15.4 Å². The van der Waals surface area contributed by atoms with Crippen LogP contribution in [-0.4, -0.2) is 31.2 Å². The standard InChI is InChI=1S/C10H10N6OS/c1-2-7(9-11-4-3-5-12-9)14-15-10(17)8-6-13-16-18-8/h3-6H,2H2,1H3,(H,15,17). The molecule has 0 unspecified atom stereocenters. The lowest BCUT2D eigenvalue weighted by Crippen LogP contribution is -2.19. The van der Waals surface area contributed by atoms with E-state index in [9.17, 15) is 4.79 Å². The Hall–Kier alpha value is -2.22. The lowest BCUT2D eigenvalue weighted by atomic mass is 10.3. The van der Waals surface area contributed by atoms with Gasteiger partial charge in [0.1, 0.15) is 10.6 Å². The number of carbonyl (C=O) groups excluding carboxylic acids is 1. The Kier molecular flexibility index (Phi) is 4.02. The summed E-state index contributed by atoms with van der Waals surface area (Å²) in [6.45, 7) is 1.91. The summed E-state index contributed by atoms with van der Waals surface area (Å²) in [5.41, 5.74) is 3.05. The van der Waals surface area contributed by atoms with Crippen molar-refractivity contribution in [3.05, 3.63) is 35.4 Å². The van der Waals surface area contributed by atoms with Gasteiger partial charge in [0, 0.05) is 12.4 Å². The molecule has 2 heterocycles. The minimum Gasteiger partial charge on any atom is -0.266 e. The predicted octanol–water partition coefficient (Wildman–Crippen LogP) is 0.872. The normalized spacial score (nSPS) is 11.3. The fourth-order valence-electron chi connectivity index (χ4n) is 1.18. The summed E-state index contributed by atoms with van der Waals surface area (Å²) in [6.07, 6.45) is 5.26. The van der Waals surface area contributed by atoms with E-state index >= 15 is 0 Å². The molecule has 0 fully saturated rings. The third kappa shape index (κ3) is 2.92. The van der Waals surface area contributed by atoms with Crippen molar-refractivity contribution in [1.29, 1.82) is 0 Å². The van der Waals surface area contributed by atoms with Gasteiger partial charge in [0.2, 0.25) is 0 Å². The zero-order valence-electron chi connectivity index (χ0n) is 9.57. The van der Waals surface area contributed by atoms with Crippen LogP contribution in [0.1, 0.15) is 28.8 Å². The number of carbonyl (C=O) groups is 1. The molecule has 0 saturated carbocycles. The second kappa shape index (κ2) is 5.92. The summed E-state index contributed by atoms with van der Waals surface area (Å²) in [6, 6.07) is 1.72. The van der Waals surface area contributed by atoms with E-state index in [1.807, 2.05) is 6.92 Å². The number of amides is 1. The highest BCUT2D eigenvalue weighted by Gasteiger charge is 2.09. The molecule has 0 aliphatic heterocycles. The van der Waals surface area contributed by atoms with Crippen LogP contribution in [0.3, 0.4) is 0 Å². The molecule has 7 nitrogen and oxygen atoms in total. The smallest absolute Gasteiger partial charge is 0.266 e. The Morgan fingerprint density at radius 2 is 2.22 bits per heavy atom. The van der Waals surface area contributed by atoms with Gasteiger partial charge in [0.15, 0.2) is 5.82 Å². The van der Waals surface area contributed by atoms with Crippen molar-refractivity contribution in [3.8, 4) is 0 Å². The third-order valence-electron chi connectivity index (χ3n) is 2.04. The summed E-state index contributed by atoms with van der Waals surface area (Å²) in [5, 5.41) is 7.59. The number of aromatic nitrogens is 4. The quantitative estimate of drug-likeness (QED) is 0.652. The molecule has 0 radical (unpaired) electrons. The molecular weight excluding hydrogens is 252 g/mol. The Bertz CT molecular complexity index is 539. The molecule has 2 aromatic heterocycles. The van der Waals surface area contributed by atoms with Crippen LogP contribution in [0.25, 0.3) is 0 Å². The minimum absolute atomic E-state index is 0.341. The van der Waals surface area contributed by atoms with Gasteiger partial charge in [-0.3, -0.25) is 4.79 Å². The van der Waals surface area contributed by atoms with Crippen LogP contribution in [0, 0.1) is 0 Å². The topological polar surface area (TPSA) is 93.0 Å². The van der Waals surface area contributed by atoms with Gasteiger partial charge in [0.25, 0.3) is 5.91 Å². The molecule has 0 aromatic carbocycles. The first-order chi connectivity index (χ1) is 8.81. The largest absolute Gasteiger partial charge is 0.284 e. The third-order valence-corrected chi connectivity index (χ3v) is 2.70. The van der Waals surface area contributed by atoms with Crippen molar-refractivity contribution >= 4 is 23.2 Å². The van der Waals surface area contributed by atoms with Gasteiger partial charge in [-0.15, -0.1) is 5.10 Å². The maximum atomic E-state index is 11.6. The van der Waals surface area contributed by atoms with Crippen LogP contribution in [0.5, 0.6) is 0 Å². The van der Waals surface area contributed by atoms with Crippen LogP contribution in [0.15, 0.2) is 29.8 Å². The minimum atomic E-state index is -0.341. The van der Waals surface area contributed by atoms with E-state index in [1.54, 1.807) is 18.5 Å². The van der Waals surface area contributed by atoms with E-state index < -0.39 is 0 Å². The maximum absolute atomic E-state index is 11.6. The van der Waals surface area contributed by atoms with Crippen LogP contribution >= 0.6 is 11.5 Å². The zero-order chi connectivity index (χ0) is 12.8. The molecule has 0 atom stereocenters. The molecule has 0 aliphatic rings. The van der Waals surface area contributed by atoms with E-state index in [1.165, 1.54) is 6.20 Å². The van der Waals surface area contributed by atoms with E-state index in [2.05, 4.69) is 30.1 Å². The van der Waals surface area contributed by atoms with Crippen molar-refractivity contribution in [2.24, 2.45) is 5.10 Å². The SMILES string of the molecule is CCC(=NNC(=O)c1cnns1)c1ncccn1. The van der Waals surface area contributed by atoms with Gasteiger partial charge in [0.05, 0.1) is 6.20 Å². The summed E-state index contributed by atoms with van der Waals surface area (Å²) in [4.78, 5) is 20.2. The van der Waals surface area contributed by atoms with Crippen molar-refractivity contribution in [2.75, 3.05) is 0 Å². The molecule has 0 bridgehead atoms. The lowest BCUT2D eigenvalue weighted by Gasteiger charge is -2.01. The number of nitrogens with zero attached hydrogens (tertiary/aromatic N) is 5. The number of nitrogens with one attached hydrogen (secondary N) is 1. The van der Waals surface area contributed by atoms with Crippen LogP contribution < -0.4 is 5.43 Å². The number of hydrazone groups is 1. The molecule has 18 heavy (non-hydrogen) atoms. The molecular formula is C10H10N6OS. The van der Waals surface area contributed by atoms with E-state index in [0.29, 0.717) is 22.8 Å². The number of hydrogen-bond donors (Lipinski definition) is 1.